The first-order valence-electron chi connectivity index (χ1n) is 7.74. The second kappa shape index (κ2) is 6.61. The number of allylic oxidation sites excluding steroid dienone is 1. The highest BCUT2D eigenvalue weighted by Gasteiger charge is 2.40. The van der Waals surface area contributed by atoms with Crippen molar-refractivity contribution < 1.29 is 9.63 Å². The maximum atomic E-state index is 10.9. The Kier molecular flexibility index (Phi) is 4.38. The SMILES string of the molecule is CC(=O)O/N=C/C1(C=C(c2ccccc2)c2ccccc2)CC1. The molecule has 3 heteroatoms. The van der Waals surface area contributed by atoms with Gasteiger partial charge in [-0.25, -0.2) is 4.79 Å². The van der Waals surface area contributed by atoms with E-state index in [-0.39, 0.29) is 5.41 Å². The van der Waals surface area contributed by atoms with Gasteiger partial charge >= 0.3 is 5.97 Å². The summed E-state index contributed by atoms with van der Waals surface area (Å²) < 4.78 is 0. The molecular formula is C20H19NO2. The monoisotopic (exact) mass is 305 g/mol. The molecule has 0 bridgehead atoms. The van der Waals surface area contributed by atoms with Gasteiger partial charge in [-0.15, -0.1) is 0 Å². The summed E-state index contributed by atoms with van der Waals surface area (Å²) >= 11 is 0. The minimum absolute atomic E-state index is 0.115. The molecule has 3 rings (SSSR count). The number of oxime groups is 1. The molecule has 0 unspecified atom stereocenters. The molecule has 1 aliphatic rings. The van der Waals surface area contributed by atoms with E-state index in [2.05, 4.69) is 35.5 Å². The molecule has 3 nitrogen and oxygen atoms in total. The van der Waals surface area contributed by atoms with E-state index < -0.39 is 5.97 Å². The predicted octanol–water partition coefficient (Wildman–Crippen LogP) is 4.45. The molecule has 0 radical (unpaired) electrons. The van der Waals surface area contributed by atoms with Crippen LogP contribution in [0.4, 0.5) is 0 Å². The maximum Gasteiger partial charge on any atom is 0.331 e. The molecule has 1 saturated carbocycles. The molecule has 1 fully saturated rings. The van der Waals surface area contributed by atoms with Crippen molar-refractivity contribution in [3.8, 4) is 0 Å². The third-order valence-electron chi connectivity index (χ3n) is 3.92. The zero-order valence-corrected chi connectivity index (χ0v) is 13.1. The van der Waals surface area contributed by atoms with Crippen molar-refractivity contribution in [1.29, 1.82) is 0 Å². The molecule has 0 atom stereocenters. The van der Waals surface area contributed by atoms with Gasteiger partial charge in [0.1, 0.15) is 0 Å². The average Bonchev–Trinajstić information content (AvgIpc) is 3.34. The Morgan fingerprint density at radius 2 is 1.52 bits per heavy atom. The lowest BCUT2D eigenvalue weighted by molar-refractivity contribution is -0.140. The Labute approximate surface area is 136 Å². The summed E-state index contributed by atoms with van der Waals surface area (Å²) in [5.41, 5.74) is 3.41. The third kappa shape index (κ3) is 3.95. The number of hydrogen-bond donors (Lipinski definition) is 0. The Hall–Kier alpha value is -2.68. The Balaban J connectivity index is 1.96. The molecule has 0 amide bonds. The third-order valence-corrected chi connectivity index (χ3v) is 3.92. The van der Waals surface area contributed by atoms with Crippen LogP contribution in [0, 0.1) is 5.41 Å². The zero-order valence-electron chi connectivity index (χ0n) is 13.1. The first kappa shape index (κ1) is 15.2. The van der Waals surface area contributed by atoms with Gasteiger partial charge in [-0.05, 0) is 29.5 Å². The lowest BCUT2D eigenvalue weighted by atomic mass is 9.93. The normalized spacial score (nSPS) is 15.2. The zero-order chi connectivity index (χ0) is 16.1. The van der Waals surface area contributed by atoms with Gasteiger partial charge in [-0.3, -0.25) is 0 Å². The number of nitrogens with zero attached hydrogens (tertiary/aromatic N) is 1. The van der Waals surface area contributed by atoms with E-state index in [4.69, 9.17) is 4.84 Å². The Morgan fingerprint density at radius 3 is 1.96 bits per heavy atom. The molecule has 2 aromatic rings. The summed E-state index contributed by atoms with van der Waals surface area (Å²) in [7, 11) is 0. The number of hydrogen-bond acceptors (Lipinski definition) is 3. The van der Waals surface area contributed by atoms with Gasteiger partial charge < -0.3 is 4.84 Å². The quantitative estimate of drug-likeness (QED) is 0.465. The van der Waals surface area contributed by atoms with Crippen LogP contribution < -0.4 is 0 Å². The highest BCUT2D eigenvalue weighted by molar-refractivity contribution is 5.85. The predicted molar refractivity (Wildman–Crippen MR) is 91.9 cm³/mol. The van der Waals surface area contributed by atoms with Crippen LogP contribution in [0.25, 0.3) is 5.57 Å². The molecule has 0 aromatic heterocycles. The molecular weight excluding hydrogens is 286 g/mol. The van der Waals surface area contributed by atoms with Crippen LogP contribution in [0.5, 0.6) is 0 Å². The molecule has 116 valence electrons. The van der Waals surface area contributed by atoms with Crippen LogP contribution in [0.3, 0.4) is 0 Å². The van der Waals surface area contributed by atoms with Crippen molar-refractivity contribution in [1.82, 2.24) is 0 Å². The molecule has 23 heavy (non-hydrogen) atoms. The van der Waals surface area contributed by atoms with Crippen molar-refractivity contribution in [3.05, 3.63) is 77.9 Å². The van der Waals surface area contributed by atoms with Crippen LogP contribution in [0.15, 0.2) is 71.9 Å². The molecule has 0 spiro atoms. The first-order chi connectivity index (χ1) is 11.2. The fourth-order valence-corrected chi connectivity index (χ4v) is 2.52. The maximum absolute atomic E-state index is 10.9. The van der Waals surface area contributed by atoms with Crippen LogP contribution >= 0.6 is 0 Å². The summed E-state index contributed by atoms with van der Waals surface area (Å²) in [5.74, 6) is -0.396. The van der Waals surface area contributed by atoms with Crippen molar-refractivity contribution in [2.75, 3.05) is 0 Å². The highest BCUT2D eigenvalue weighted by atomic mass is 16.7. The van der Waals surface area contributed by atoms with E-state index in [9.17, 15) is 4.79 Å². The van der Waals surface area contributed by atoms with E-state index in [1.165, 1.54) is 23.6 Å². The summed E-state index contributed by atoms with van der Waals surface area (Å²) in [5, 5.41) is 3.83. The minimum atomic E-state index is -0.396. The summed E-state index contributed by atoms with van der Waals surface area (Å²) in [6.07, 6.45) is 6.02. The molecule has 0 heterocycles. The molecule has 0 saturated heterocycles. The number of benzene rings is 2. The number of carbonyl (C=O) groups is 1. The van der Waals surface area contributed by atoms with Gasteiger partial charge in [0.25, 0.3) is 0 Å². The second-order valence-corrected chi connectivity index (χ2v) is 5.84. The van der Waals surface area contributed by atoms with E-state index in [1.807, 2.05) is 36.4 Å². The van der Waals surface area contributed by atoms with Gasteiger partial charge in [-0.1, -0.05) is 71.9 Å². The van der Waals surface area contributed by atoms with Crippen LogP contribution in [0.1, 0.15) is 30.9 Å². The molecule has 1 aliphatic carbocycles. The molecule has 0 aliphatic heterocycles. The lowest BCUT2D eigenvalue weighted by Gasteiger charge is -2.12. The molecule has 2 aromatic carbocycles. The van der Waals surface area contributed by atoms with E-state index in [1.54, 1.807) is 6.21 Å². The van der Waals surface area contributed by atoms with Crippen LogP contribution in [0.2, 0.25) is 0 Å². The van der Waals surface area contributed by atoms with Crippen LogP contribution in [-0.4, -0.2) is 12.2 Å². The first-order valence-corrected chi connectivity index (χ1v) is 7.74. The van der Waals surface area contributed by atoms with Gasteiger partial charge in [0.15, 0.2) is 0 Å². The fourth-order valence-electron chi connectivity index (χ4n) is 2.52. The van der Waals surface area contributed by atoms with Crippen molar-refractivity contribution in [2.45, 2.75) is 19.8 Å². The smallest absolute Gasteiger partial charge is 0.319 e. The second-order valence-electron chi connectivity index (χ2n) is 5.84. The Morgan fingerprint density at radius 1 is 1.00 bits per heavy atom. The lowest BCUT2D eigenvalue weighted by Crippen LogP contribution is -2.02. The van der Waals surface area contributed by atoms with E-state index in [0.717, 1.165) is 12.8 Å². The molecule has 0 N–H and O–H groups in total. The fraction of sp³-hybridized carbons (Fsp3) is 0.200. The van der Waals surface area contributed by atoms with E-state index in [0.29, 0.717) is 0 Å². The highest BCUT2D eigenvalue weighted by Crippen LogP contribution is 2.47. The largest absolute Gasteiger partial charge is 0.331 e. The van der Waals surface area contributed by atoms with Crippen LogP contribution in [-0.2, 0) is 9.63 Å². The standard InChI is InChI=1S/C20H19NO2/c1-16(22)23-21-15-20(12-13-20)14-19(17-8-4-2-5-9-17)18-10-6-3-7-11-18/h2-11,14-15H,12-13H2,1H3/b21-15+. The van der Waals surface area contributed by atoms with Crippen molar-refractivity contribution in [3.63, 3.8) is 0 Å². The van der Waals surface area contributed by atoms with Gasteiger partial charge in [0.05, 0.1) is 6.21 Å². The van der Waals surface area contributed by atoms with Crippen molar-refractivity contribution >= 4 is 17.8 Å². The number of carbonyl (C=O) groups excluding carboxylic acids is 1. The minimum Gasteiger partial charge on any atom is -0.319 e. The number of rotatable bonds is 5. The summed E-state index contributed by atoms with van der Waals surface area (Å²) in [4.78, 5) is 15.6. The summed E-state index contributed by atoms with van der Waals surface area (Å²) in [6, 6.07) is 20.6. The summed E-state index contributed by atoms with van der Waals surface area (Å²) in [6.45, 7) is 1.35. The Bertz CT molecular complexity index is 687. The van der Waals surface area contributed by atoms with Crippen molar-refractivity contribution in [2.24, 2.45) is 10.6 Å². The van der Waals surface area contributed by atoms with E-state index >= 15 is 0 Å². The average molecular weight is 305 g/mol. The topological polar surface area (TPSA) is 38.7 Å². The van der Waals surface area contributed by atoms with Gasteiger partial charge in [0.2, 0.25) is 0 Å². The van der Waals surface area contributed by atoms with Gasteiger partial charge in [0, 0.05) is 12.3 Å². The van der Waals surface area contributed by atoms with Gasteiger partial charge in [-0.2, -0.15) is 0 Å².